The molecule has 1 N–H and O–H groups in total. The minimum atomic E-state index is -1.23. The van der Waals surface area contributed by atoms with Crippen LogP contribution in [-0.4, -0.2) is 11.3 Å². The molecular formula is C9H9NO2. The fourth-order valence-corrected chi connectivity index (χ4v) is 1.19. The molecule has 0 radical (unpaired) electrons. The fourth-order valence-electron chi connectivity index (χ4n) is 1.19. The highest BCUT2D eigenvalue weighted by Crippen LogP contribution is 2.28. The van der Waals surface area contributed by atoms with Crippen LogP contribution >= 0.6 is 0 Å². The second kappa shape index (κ2) is 2.60. The Bertz CT molecular complexity index is 287. The molecule has 1 unspecified atom stereocenters. The van der Waals surface area contributed by atoms with Gasteiger partial charge in [-0.25, -0.2) is 0 Å². The van der Waals surface area contributed by atoms with E-state index in [0.717, 1.165) is 5.56 Å². The van der Waals surface area contributed by atoms with E-state index >= 15 is 0 Å². The van der Waals surface area contributed by atoms with Crippen molar-refractivity contribution < 1.29 is 9.94 Å². The lowest BCUT2D eigenvalue weighted by Gasteiger charge is -2.19. The summed E-state index contributed by atoms with van der Waals surface area (Å²) in [7, 11) is 0. The minimum Gasteiger partial charge on any atom is -0.355 e. The topological polar surface area (TPSA) is 41.8 Å². The van der Waals surface area contributed by atoms with Crippen molar-refractivity contribution >= 4 is 6.21 Å². The summed E-state index contributed by atoms with van der Waals surface area (Å²) in [6, 6.07) is 9.23. The molecule has 0 spiro atoms. The predicted octanol–water partition coefficient (Wildman–Crippen LogP) is 1.24. The normalized spacial score (nSPS) is 27.1. The monoisotopic (exact) mass is 163 g/mol. The first-order valence-electron chi connectivity index (χ1n) is 3.79. The first-order chi connectivity index (χ1) is 5.81. The summed E-state index contributed by atoms with van der Waals surface area (Å²) >= 11 is 0. The molecule has 1 aliphatic heterocycles. The van der Waals surface area contributed by atoms with E-state index in [1.807, 2.05) is 30.3 Å². The molecule has 0 aromatic heterocycles. The Morgan fingerprint density at radius 2 is 2.08 bits per heavy atom. The molecule has 0 fully saturated rings. The molecule has 1 aliphatic rings. The van der Waals surface area contributed by atoms with Crippen LogP contribution in [0.25, 0.3) is 0 Å². The number of aliphatic hydroxyl groups is 1. The predicted molar refractivity (Wildman–Crippen MR) is 44.5 cm³/mol. The molecule has 0 amide bonds. The molecule has 1 aromatic carbocycles. The van der Waals surface area contributed by atoms with Crippen molar-refractivity contribution in [1.29, 1.82) is 0 Å². The molecule has 1 atom stereocenters. The molecule has 0 saturated heterocycles. The third-order valence-corrected chi connectivity index (χ3v) is 1.87. The van der Waals surface area contributed by atoms with Crippen molar-refractivity contribution in [2.75, 3.05) is 0 Å². The van der Waals surface area contributed by atoms with Crippen LogP contribution in [0.5, 0.6) is 0 Å². The summed E-state index contributed by atoms with van der Waals surface area (Å²) < 4.78 is 0. The molecule has 62 valence electrons. The fraction of sp³-hybridized carbons (Fsp3) is 0.222. The average molecular weight is 163 g/mol. The van der Waals surface area contributed by atoms with E-state index < -0.39 is 5.79 Å². The van der Waals surface area contributed by atoms with Gasteiger partial charge in [-0.3, -0.25) is 0 Å². The maximum Gasteiger partial charge on any atom is 0.265 e. The molecule has 3 heteroatoms. The quantitative estimate of drug-likeness (QED) is 0.676. The molecule has 0 saturated carbocycles. The summed E-state index contributed by atoms with van der Waals surface area (Å²) in [5.41, 5.74) is 0.738. The number of oxime groups is 1. The van der Waals surface area contributed by atoms with Crippen LogP contribution in [0.2, 0.25) is 0 Å². The lowest BCUT2D eigenvalue weighted by atomic mass is 10.0. The highest BCUT2D eigenvalue weighted by Gasteiger charge is 2.33. The summed E-state index contributed by atoms with van der Waals surface area (Å²) in [5.74, 6) is -1.23. The lowest BCUT2D eigenvalue weighted by molar-refractivity contribution is -0.193. The zero-order chi connectivity index (χ0) is 8.44. The van der Waals surface area contributed by atoms with E-state index in [0.29, 0.717) is 6.42 Å². The first-order valence-corrected chi connectivity index (χ1v) is 3.79. The number of hydrogen-bond acceptors (Lipinski definition) is 3. The van der Waals surface area contributed by atoms with Crippen LogP contribution in [0.4, 0.5) is 0 Å². The van der Waals surface area contributed by atoms with E-state index in [-0.39, 0.29) is 0 Å². The van der Waals surface area contributed by atoms with Gasteiger partial charge in [-0.15, -0.1) is 0 Å². The maximum atomic E-state index is 9.82. The van der Waals surface area contributed by atoms with Crippen molar-refractivity contribution in [2.24, 2.45) is 5.16 Å². The van der Waals surface area contributed by atoms with Gasteiger partial charge in [0, 0.05) is 5.56 Å². The summed E-state index contributed by atoms with van der Waals surface area (Å²) in [6.07, 6.45) is 1.98. The largest absolute Gasteiger partial charge is 0.355 e. The van der Waals surface area contributed by atoms with Crippen molar-refractivity contribution in [3.05, 3.63) is 35.9 Å². The van der Waals surface area contributed by atoms with E-state index in [4.69, 9.17) is 4.84 Å². The van der Waals surface area contributed by atoms with Crippen molar-refractivity contribution in [3.63, 3.8) is 0 Å². The highest BCUT2D eigenvalue weighted by molar-refractivity contribution is 5.60. The number of rotatable bonds is 1. The van der Waals surface area contributed by atoms with Gasteiger partial charge in [0.15, 0.2) is 0 Å². The van der Waals surface area contributed by atoms with Gasteiger partial charge in [0.1, 0.15) is 0 Å². The Kier molecular flexibility index (Phi) is 1.59. The van der Waals surface area contributed by atoms with Crippen LogP contribution in [0.15, 0.2) is 35.5 Å². The first kappa shape index (κ1) is 7.31. The zero-order valence-electron chi connectivity index (χ0n) is 6.47. The van der Waals surface area contributed by atoms with Crippen LogP contribution in [0.1, 0.15) is 12.0 Å². The van der Waals surface area contributed by atoms with Crippen LogP contribution in [-0.2, 0) is 10.6 Å². The van der Waals surface area contributed by atoms with E-state index in [1.165, 1.54) is 0 Å². The Labute approximate surface area is 70.3 Å². The van der Waals surface area contributed by atoms with Gasteiger partial charge in [0.25, 0.3) is 5.79 Å². The van der Waals surface area contributed by atoms with Crippen LogP contribution < -0.4 is 0 Å². The van der Waals surface area contributed by atoms with Gasteiger partial charge in [-0.1, -0.05) is 35.5 Å². The van der Waals surface area contributed by atoms with Gasteiger partial charge in [-0.2, -0.15) is 0 Å². The molecular weight excluding hydrogens is 154 g/mol. The summed E-state index contributed by atoms with van der Waals surface area (Å²) in [4.78, 5) is 4.85. The van der Waals surface area contributed by atoms with E-state index in [1.54, 1.807) is 6.21 Å². The standard InChI is InChI=1S/C9H9NO2/c11-9(6-7-10-12-9)8-4-2-1-3-5-8/h1-5,7,11H,6H2. The van der Waals surface area contributed by atoms with Crippen LogP contribution in [0.3, 0.4) is 0 Å². The van der Waals surface area contributed by atoms with Crippen molar-refractivity contribution in [3.8, 4) is 0 Å². The van der Waals surface area contributed by atoms with Gasteiger partial charge in [0.05, 0.1) is 12.6 Å². The Morgan fingerprint density at radius 1 is 1.33 bits per heavy atom. The summed E-state index contributed by atoms with van der Waals surface area (Å²) in [5, 5.41) is 13.4. The Hall–Kier alpha value is -1.35. The molecule has 2 rings (SSSR count). The maximum absolute atomic E-state index is 9.82. The van der Waals surface area contributed by atoms with Gasteiger partial charge in [-0.05, 0) is 0 Å². The van der Waals surface area contributed by atoms with Gasteiger partial charge >= 0.3 is 0 Å². The molecule has 1 heterocycles. The lowest BCUT2D eigenvalue weighted by Crippen LogP contribution is -2.23. The second-order valence-electron chi connectivity index (χ2n) is 2.73. The number of benzene rings is 1. The number of hydrogen-bond donors (Lipinski definition) is 1. The average Bonchev–Trinajstić information content (AvgIpc) is 2.55. The summed E-state index contributed by atoms with van der Waals surface area (Å²) in [6.45, 7) is 0. The molecule has 0 aliphatic carbocycles. The van der Waals surface area contributed by atoms with E-state index in [2.05, 4.69) is 5.16 Å². The SMILES string of the molecule is OC1(c2ccccc2)CC=NO1. The third kappa shape index (κ3) is 1.08. The van der Waals surface area contributed by atoms with E-state index in [9.17, 15) is 5.11 Å². The van der Waals surface area contributed by atoms with Gasteiger partial charge < -0.3 is 9.94 Å². The van der Waals surface area contributed by atoms with Gasteiger partial charge in [0.2, 0.25) is 0 Å². The Balaban J connectivity index is 2.31. The minimum absolute atomic E-state index is 0.414. The molecule has 1 aromatic rings. The number of nitrogens with zero attached hydrogens (tertiary/aromatic N) is 1. The zero-order valence-corrected chi connectivity index (χ0v) is 6.47. The third-order valence-electron chi connectivity index (χ3n) is 1.87. The van der Waals surface area contributed by atoms with Crippen molar-refractivity contribution in [2.45, 2.75) is 12.2 Å². The van der Waals surface area contributed by atoms with Crippen LogP contribution in [0, 0.1) is 0 Å². The second-order valence-corrected chi connectivity index (χ2v) is 2.73. The molecule has 3 nitrogen and oxygen atoms in total. The highest BCUT2D eigenvalue weighted by atomic mass is 16.7. The van der Waals surface area contributed by atoms with Crippen molar-refractivity contribution in [1.82, 2.24) is 0 Å². The Morgan fingerprint density at radius 3 is 2.67 bits per heavy atom. The molecule has 0 bridgehead atoms. The smallest absolute Gasteiger partial charge is 0.265 e. The molecule has 12 heavy (non-hydrogen) atoms.